The Morgan fingerprint density at radius 1 is 1.16 bits per heavy atom. The molecule has 1 aliphatic heterocycles. The summed E-state index contributed by atoms with van der Waals surface area (Å²) in [5.41, 5.74) is -6.52. The molecule has 0 aromatic heterocycles. The number of hydrogen-bond acceptors (Lipinski definition) is 5. The summed E-state index contributed by atoms with van der Waals surface area (Å²) >= 11 is 0. The van der Waals surface area contributed by atoms with Crippen LogP contribution in [0.15, 0.2) is 41.3 Å². The van der Waals surface area contributed by atoms with Gasteiger partial charge < -0.3 is 14.7 Å². The molecule has 0 aliphatic carbocycles. The molecule has 1 aliphatic rings. The van der Waals surface area contributed by atoms with E-state index >= 15 is 4.39 Å². The van der Waals surface area contributed by atoms with Crippen molar-refractivity contribution < 1.29 is 53.8 Å². The van der Waals surface area contributed by atoms with Gasteiger partial charge in [0.2, 0.25) is 21.8 Å². The van der Waals surface area contributed by atoms with E-state index in [0.717, 1.165) is 29.2 Å². The zero-order valence-electron chi connectivity index (χ0n) is 20.1. The van der Waals surface area contributed by atoms with Crippen molar-refractivity contribution in [3.8, 4) is 5.75 Å². The first kappa shape index (κ1) is 29.5. The predicted octanol–water partition coefficient (Wildman–Crippen LogP) is 6.22. The molecule has 3 rings (SSSR count). The molecule has 6 nitrogen and oxygen atoms in total. The van der Waals surface area contributed by atoms with Gasteiger partial charge in [-0.3, -0.25) is 4.79 Å². The van der Waals surface area contributed by atoms with Gasteiger partial charge in [0, 0.05) is 30.6 Å². The summed E-state index contributed by atoms with van der Waals surface area (Å²) in [6, 6.07) is 5.03. The Kier molecular flexibility index (Phi) is 8.25. The smallest absolute Gasteiger partial charge is 0.420 e. The maximum absolute atomic E-state index is 15.5. The molecule has 0 unspecified atom stereocenters. The third-order valence-corrected chi connectivity index (χ3v) is 8.03. The van der Waals surface area contributed by atoms with Crippen molar-refractivity contribution in [1.82, 2.24) is 0 Å². The summed E-state index contributed by atoms with van der Waals surface area (Å²) in [6.45, 7) is 0.950. The largest absolute Gasteiger partial charge is 0.492 e. The maximum Gasteiger partial charge on any atom is 0.420 e. The fourth-order valence-electron chi connectivity index (χ4n) is 3.87. The normalized spacial score (nSPS) is 19.7. The van der Waals surface area contributed by atoms with Gasteiger partial charge in [0.1, 0.15) is 18.2 Å². The molecule has 2 atom stereocenters. The highest BCUT2D eigenvalue weighted by Gasteiger charge is 2.45. The second-order valence-electron chi connectivity index (χ2n) is 9.50. The number of halogens is 7. The summed E-state index contributed by atoms with van der Waals surface area (Å²) < 4.78 is 129. The van der Waals surface area contributed by atoms with Gasteiger partial charge in [-0.2, -0.15) is 13.2 Å². The van der Waals surface area contributed by atoms with Crippen LogP contribution in [0.5, 0.6) is 5.75 Å². The fourth-order valence-corrected chi connectivity index (χ4v) is 5.57. The van der Waals surface area contributed by atoms with Crippen LogP contribution in [-0.2, 0) is 20.8 Å². The number of aliphatic carboxylic acids is 1. The van der Waals surface area contributed by atoms with Crippen molar-refractivity contribution in [2.45, 2.75) is 49.7 Å². The van der Waals surface area contributed by atoms with Crippen molar-refractivity contribution >= 4 is 27.2 Å². The summed E-state index contributed by atoms with van der Waals surface area (Å²) in [5.74, 6) is -4.74. The third-order valence-electron chi connectivity index (χ3n) is 6.11. The first-order valence-corrected chi connectivity index (χ1v) is 12.8. The lowest BCUT2D eigenvalue weighted by atomic mass is 9.95. The Balaban J connectivity index is 2.26. The Hall–Kier alpha value is -3.03. The lowest BCUT2D eigenvalue weighted by molar-refractivity contribution is -0.148. The number of sulfone groups is 1. The molecule has 0 bridgehead atoms. The molecule has 0 amide bonds. The quantitative estimate of drug-likeness (QED) is 0.379. The van der Waals surface area contributed by atoms with E-state index in [1.807, 2.05) is 0 Å². The molecule has 2 aromatic carbocycles. The number of rotatable bonds is 8. The minimum atomic E-state index is -5.12. The van der Waals surface area contributed by atoms with E-state index in [1.54, 1.807) is 0 Å². The summed E-state index contributed by atoms with van der Waals surface area (Å²) in [6.07, 6.45) is -9.47. The van der Waals surface area contributed by atoms with Gasteiger partial charge in [-0.05, 0) is 50.6 Å². The van der Waals surface area contributed by atoms with Crippen molar-refractivity contribution in [1.29, 1.82) is 0 Å². The lowest BCUT2D eigenvalue weighted by Crippen LogP contribution is -2.31. The van der Waals surface area contributed by atoms with E-state index in [-0.39, 0.29) is 5.69 Å². The maximum atomic E-state index is 15.5. The fraction of sp³-hybridized carbons (Fsp3) is 0.458. The summed E-state index contributed by atoms with van der Waals surface area (Å²) in [7, 11) is -5.05. The SMILES string of the molecule is CC(C)(COc1cc2c(cc1C(F)(F)F)N(c1ccc(F)cc1)C[C@@H](CCC(F)F)[C@@H](F)S2(=O)=O)C(=O)O. The number of alkyl halides is 6. The number of fused-ring (bicyclic) bond motifs is 1. The number of hydrogen-bond donors (Lipinski definition) is 1. The van der Waals surface area contributed by atoms with Crippen molar-refractivity contribution in [2.75, 3.05) is 18.1 Å². The zero-order chi connectivity index (χ0) is 28.6. The van der Waals surface area contributed by atoms with E-state index in [4.69, 9.17) is 4.74 Å². The summed E-state index contributed by atoms with van der Waals surface area (Å²) in [4.78, 5) is 11.5. The molecular weight excluding hydrogens is 547 g/mol. The molecule has 0 fully saturated rings. The number of carboxylic acid groups (broad SMARTS) is 1. The number of carboxylic acids is 1. The highest BCUT2D eigenvalue weighted by molar-refractivity contribution is 7.92. The molecule has 1 heterocycles. The molecule has 210 valence electrons. The van der Waals surface area contributed by atoms with Gasteiger partial charge in [-0.1, -0.05) is 0 Å². The number of nitrogens with zero attached hydrogens (tertiary/aromatic N) is 1. The van der Waals surface area contributed by atoms with E-state index in [2.05, 4.69) is 0 Å². The molecule has 0 saturated carbocycles. The van der Waals surface area contributed by atoms with E-state index < -0.39 is 99.0 Å². The molecule has 0 saturated heterocycles. The Morgan fingerprint density at radius 2 is 1.76 bits per heavy atom. The van der Waals surface area contributed by atoms with Crippen LogP contribution in [0.25, 0.3) is 0 Å². The van der Waals surface area contributed by atoms with Crippen LogP contribution in [0.1, 0.15) is 32.3 Å². The average Bonchev–Trinajstić information content (AvgIpc) is 2.89. The second-order valence-corrected chi connectivity index (χ2v) is 11.5. The van der Waals surface area contributed by atoms with Crippen LogP contribution >= 0.6 is 0 Å². The van der Waals surface area contributed by atoms with Crippen molar-refractivity contribution in [3.05, 3.63) is 47.8 Å². The van der Waals surface area contributed by atoms with Crippen LogP contribution < -0.4 is 9.64 Å². The number of benzene rings is 2. The standard InChI is InChI=1S/C24H24F7NO5S/c1-23(2,22(33)34)12-37-18-10-19-17(9-16(18)24(29,30)31)32(15-6-4-14(25)5-7-15)11-13(3-8-20(26)27)21(28)38(19,35)36/h4-7,9-10,13,20-21H,3,8,11-12H2,1-2H3,(H,33,34)/t13-,21+/m1/s1. The second kappa shape index (κ2) is 10.6. The molecular formula is C24H24F7NO5S. The molecule has 1 N–H and O–H groups in total. The highest BCUT2D eigenvalue weighted by atomic mass is 32.2. The van der Waals surface area contributed by atoms with Gasteiger partial charge in [-0.15, -0.1) is 0 Å². The third kappa shape index (κ3) is 6.16. The van der Waals surface area contributed by atoms with E-state index in [9.17, 15) is 44.7 Å². The first-order chi connectivity index (χ1) is 17.4. The van der Waals surface area contributed by atoms with Crippen LogP contribution in [-0.4, -0.2) is 44.6 Å². The van der Waals surface area contributed by atoms with Crippen LogP contribution in [0.3, 0.4) is 0 Å². The summed E-state index contributed by atoms with van der Waals surface area (Å²) in [5, 5.41) is 9.26. The average molecular weight is 572 g/mol. The predicted molar refractivity (Wildman–Crippen MR) is 123 cm³/mol. The van der Waals surface area contributed by atoms with Gasteiger partial charge in [0.15, 0.2) is 0 Å². The molecule has 0 radical (unpaired) electrons. The minimum absolute atomic E-state index is 0.00667. The Morgan fingerprint density at radius 3 is 2.29 bits per heavy atom. The number of ether oxygens (including phenoxy) is 1. The van der Waals surface area contributed by atoms with Gasteiger partial charge in [0.25, 0.3) is 0 Å². The highest BCUT2D eigenvalue weighted by Crippen LogP contribution is 2.47. The number of anilines is 2. The van der Waals surface area contributed by atoms with Gasteiger partial charge >= 0.3 is 12.1 Å². The van der Waals surface area contributed by atoms with Crippen LogP contribution in [0.2, 0.25) is 0 Å². The lowest BCUT2D eigenvalue weighted by Gasteiger charge is -2.29. The van der Waals surface area contributed by atoms with Crippen molar-refractivity contribution in [2.24, 2.45) is 11.3 Å². The molecule has 14 heteroatoms. The number of carbonyl (C=O) groups is 1. The van der Waals surface area contributed by atoms with E-state index in [0.29, 0.717) is 12.1 Å². The Labute approximate surface area is 213 Å². The van der Waals surface area contributed by atoms with Gasteiger partial charge in [-0.25, -0.2) is 26.0 Å². The first-order valence-electron chi connectivity index (χ1n) is 11.3. The monoisotopic (exact) mass is 571 g/mol. The van der Waals surface area contributed by atoms with Crippen LogP contribution in [0, 0.1) is 17.2 Å². The van der Waals surface area contributed by atoms with Gasteiger partial charge in [0.05, 0.1) is 21.6 Å². The van der Waals surface area contributed by atoms with Crippen molar-refractivity contribution in [3.63, 3.8) is 0 Å². The molecule has 0 spiro atoms. The van der Waals surface area contributed by atoms with E-state index in [1.165, 1.54) is 13.8 Å². The minimum Gasteiger partial charge on any atom is -0.492 e. The van der Waals surface area contributed by atoms with Crippen LogP contribution in [0.4, 0.5) is 42.1 Å². The molecule has 38 heavy (non-hydrogen) atoms. The zero-order valence-corrected chi connectivity index (χ0v) is 20.9. The Bertz CT molecular complexity index is 1280. The topological polar surface area (TPSA) is 83.9 Å². The molecule has 2 aromatic rings.